The molecule has 0 N–H and O–H groups in total. The third kappa shape index (κ3) is 4.01. The van der Waals surface area contributed by atoms with Gasteiger partial charge in [-0.1, -0.05) is 48.0 Å². The Kier molecular flexibility index (Phi) is 5.45. The zero-order valence-corrected chi connectivity index (χ0v) is 18.2. The normalized spacial score (nSPS) is 14.2. The molecule has 162 valence electrons. The van der Waals surface area contributed by atoms with E-state index in [2.05, 4.69) is 4.90 Å². The monoisotopic (exact) mass is 447 g/mol. The largest absolute Gasteiger partial charge is 0.420 e. The van der Waals surface area contributed by atoms with Gasteiger partial charge in [-0.25, -0.2) is 4.79 Å². The van der Waals surface area contributed by atoms with Crippen LogP contribution in [-0.4, -0.2) is 41.6 Å². The topological polar surface area (TPSA) is 58.7 Å². The van der Waals surface area contributed by atoms with Crippen molar-refractivity contribution in [1.82, 2.24) is 9.47 Å². The summed E-state index contributed by atoms with van der Waals surface area (Å²) >= 11 is 6.11. The summed E-state index contributed by atoms with van der Waals surface area (Å²) in [5.74, 6) is -0.471. The van der Waals surface area contributed by atoms with Crippen molar-refractivity contribution in [2.45, 2.75) is 6.54 Å². The van der Waals surface area contributed by atoms with Gasteiger partial charge in [-0.3, -0.25) is 9.36 Å². The summed E-state index contributed by atoms with van der Waals surface area (Å²) in [7, 11) is 0. The lowest BCUT2D eigenvalue weighted by molar-refractivity contribution is 0.0747. The van der Waals surface area contributed by atoms with Crippen LogP contribution in [0.4, 0.5) is 5.69 Å². The number of halogens is 1. The van der Waals surface area contributed by atoms with Gasteiger partial charge in [0.05, 0.1) is 12.1 Å². The molecule has 6 nitrogen and oxygen atoms in total. The lowest BCUT2D eigenvalue weighted by Crippen LogP contribution is -2.48. The average molecular weight is 448 g/mol. The molecule has 1 aliphatic heterocycles. The van der Waals surface area contributed by atoms with Crippen LogP contribution < -0.4 is 10.7 Å². The van der Waals surface area contributed by atoms with Crippen molar-refractivity contribution in [3.05, 3.63) is 99.5 Å². The first-order valence-corrected chi connectivity index (χ1v) is 10.9. The first-order chi connectivity index (χ1) is 15.6. The van der Waals surface area contributed by atoms with Crippen molar-refractivity contribution in [3.8, 4) is 0 Å². The molecule has 1 aliphatic rings. The van der Waals surface area contributed by atoms with Gasteiger partial charge in [0.2, 0.25) is 0 Å². The number of aromatic nitrogens is 1. The van der Waals surface area contributed by atoms with E-state index in [1.807, 2.05) is 59.5 Å². The van der Waals surface area contributed by atoms with Gasteiger partial charge in [0.15, 0.2) is 5.58 Å². The van der Waals surface area contributed by atoms with Gasteiger partial charge >= 0.3 is 5.76 Å². The molecule has 3 aromatic carbocycles. The van der Waals surface area contributed by atoms with Gasteiger partial charge < -0.3 is 14.2 Å². The van der Waals surface area contributed by atoms with E-state index < -0.39 is 5.76 Å². The van der Waals surface area contributed by atoms with Gasteiger partial charge in [-0.05, 0) is 42.0 Å². The fraction of sp³-hybridized carbons (Fsp3) is 0.200. The number of carbonyl (C=O) groups excluding carboxylic acids is 1. The first kappa shape index (κ1) is 20.4. The fourth-order valence-corrected chi connectivity index (χ4v) is 4.32. The molecule has 4 aromatic rings. The molecule has 0 bridgehead atoms. The second kappa shape index (κ2) is 8.55. The standard InChI is InChI=1S/C25H22ClN3O3/c26-20-7-4-8-21(16-20)27-11-13-28(14-12-27)24(30)19-9-10-23-22(15-19)29(25(31)32-23)17-18-5-2-1-3-6-18/h1-10,15-16H,11-14,17H2. The molecular formula is C25H22ClN3O3. The Bertz CT molecular complexity index is 1320. The number of fused-ring (bicyclic) bond motifs is 1. The summed E-state index contributed by atoms with van der Waals surface area (Å²) in [6.45, 7) is 3.09. The molecule has 32 heavy (non-hydrogen) atoms. The molecule has 0 unspecified atom stereocenters. The van der Waals surface area contributed by atoms with E-state index in [4.69, 9.17) is 16.0 Å². The summed E-state index contributed by atoms with van der Waals surface area (Å²) in [4.78, 5) is 29.7. The Labute approximate surface area is 190 Å². The molecule has 0 atom stereocenters. The Balaban J connectivity index is 1.35. The van der Waals surface area contributed by atoms with Crippen molar-refractivity contribution < 1.29 is 9.21 Å². The Hall–Kier alpha value is -3.51. The third-order valence-electron chi connectivity index (χ3n) is 5.84. The van der Waals surface area contributed by atoms with Crippen LogP contribution in [0.3, 0.4) is 0 Å². The van der Waals surface area contributed by atoms with Crippen molar-refractivity contribution >= 4 is 34.3 Å². The molecule has 1 fully saturated rings. The van der Waals surface area contributed by atoms with E-state index in [9.17, 15) is 9.59 Å². The van der Waals surface area contributed by atoms with Crippen molar-refractivity contribution in [3.63, 3.8) is 0 Å². The number of benzene rings is 3. The first-order valence-electron chi connectivity index (χ1n) is 10.6. The number of piperazine rings is 1. The Morgan fingerprint density at radius 2 is 1.69 bits per heavy atom. The molecule has 0 radical (unpaired) electrons. The van der Waals surface area contributed by atoms with Gasteiger partial charge in [0.25, 0.3) is 5.91 Å². The van der Waals surface area contributed by atoms with E-state index in [1.165, 1.54) is 0 Å². The second-order valence-electron chi connectivity index (χ2n) is 7.88. The number of rotatable bonds is 4. The summed E-state index contributed by atoms with van der Waals surface area (Å²) in [5.41, 5.74) is 3.72. The molecular weight excluding hydrogens is 426 g/mol. The van der Waals surface area contributed by atoms with Crippen molar-refractivity contribution in [2.75, 3.05) is 31.1 Å². The highest BCUT2D eigenvalue weighted by Gasteiger charge is 2.23. The molecule has 7 heteroatoms. The highest BCUT2D eigenvalue weighted by Crippen LogP contribution is 2.22. The van der Waals surface area contributed by atoms with Gasteiger partial charge in [-0.15, -0.1) is 0 Å². The minimum atomic E-state index is -0.427. The van der Waals surface area contributed by atoms with Gasteiger partial charge in [-0.2, -0.15) is 0 Å². The SMILES string of the molecule is O=C(c1ccc2oc(=O)n(Cc3ccccc3)c2c1)N1CCN(c2cccc(Cl)c2)CC1. The van der Waals surface area contributed by atoms with E-state index >= 15 is 0 Å². The summed E-state index contributed by atoms with van der Waals surface area (Å²) in [6.07, 6.45) is 0. The highest BCUT2D eigenvalue weighted by molar-refractivity contribution is 6.30. The van der Waals surface area contributed by atoms with Crippen molar-refractivity contribution in [1.29, 1.82) is 0 Å². The number of hydrogen-bond donors (Lipinski definition) is 0. The molecule has 0 saturated carbocycles. The minimum Gasteiger partial charge on any atom is -0.408 e. The number of oxazole rings is 1. The van der Waals surface area contributed by atoms with Crippen LogP contribution in [0.2, 0.25) is 5.02 Å². The van der Waals surface area contributed by atoms with Crippen molar-refractivity contribution in [2.24, 2.45) is 0 Å². The van der Waals surface area contributed by atoms with E-state index in [-0.39, 0.29) is 5.91 Å². The number of nitrogens with zero attached hydrogens (tertiary/aromatic N) is 3. The Morgan fingerprint density at radius 1 is 0.906 bits per heavy atom. The van der Waals surface area contributed by atoms with Crippen LogP contribution in [-0.2, 0) is 6.54 Å². The highest BCUT2D eigenvalue weighted by atomic mass is 35.5. The van der Waals surface area contributed by atoms with E-state index in [0.717, 1.165) is 24.3 Å². The lowest BCUT2D eigenvalue weighted by Gasteiger charge is -2.36. The number of amides is 1. The van der Waals surface area contributed by atoms with Crippen LogP contribution in [0.5, 0.6) is 0 Å². The van der Waals surface area contributed by atoms with Crippen LogP contribution in [0.25, 0.3) is 11.1 Å². The molecule has 1 saturated heterocycles. The quantitative estimate of drug-likeness (QED) is 0.469. The zero-order valence-electron chi connectivity index (χ0n) is 17.4. The van der Waals surface area contributed by atoms with Crippen LogP contribution in [0.15, 0.2) is 82.0 Å². The van der Waals surface area contributed by atoms with E-state index in [0.29, 0.717) is 41.3 Å². The minimum absolute atomic E-state index is 0.0439. The summed E-state index contributed by atoms with van der Waals surface area (Å²) in [6, 6.07) is 22.7. The Morgan fingerprint density at radius 3 is 2.44 bits per heavy atom. The molecule has 0 spiro atoms. The summed E-state index contributed by atoms with van der Waals surface area (Å²) in [5, 5.41) is 0.705. The summed E-state index contributed by atoms with van der Waals surface area (Å²) < 4.78 is 6.96. The molecule has 5 rings (SSSR count). The third-order valence-corrected chi connectivity index (χ3v) is 6.07. The smallest absolute Gasteiger partial charge is 0.408 e. The fourth-order valence-electron chi connectivity index (χ4n) is 4.13. The zero-order chi connectivity index (χ0) is 22.1. The lowest BCUT2D eigenvalue weighted by atomic mass is 10.1. The maximum Gasteiger partial charge on any atom is 0.420 e. The number of anilines is 1. The van der Waals surface area contributed by atoms with Gasteiger partial charge in [0, 0.05) is 42.5 Å². The predicted molar refractivity (Wildman–Crippen MR) is 126 cm³/mol. The van der Waals surface area contributed by atoms with Crippen LogP contribution in [0.1, 0.15) is 15.9 Å². The predicted octanol–water partition coefficient (Wildman–Crippen LogP) is 4.26. The van der Waals surface area contributed by atoms with Crippen LogP contribution in [0, 0.1) is 0 Å². The molecule has 0 aliphatic carbocycles. The maximum atomic E-state index is 13.2. The molecule has 1 aromatic heterocycles. The van der Waals surface area contributed by atoms with Gasteiger partial charge in [0.1, 0.15) is 0 Å². The number of hydrogen-bond acceptors (Lipinski definition) is 4. The molecule has 2 heterocycles. The number of carbonyl (C=O) groups is 1. The van der Waals surface area contributed by atoms with E-state index in [1.54, 1.807) is 22.8 Å². The maximum absolute atomic E-state index is 13.2. The molecule has 1 amide bonds. The van der Waals surface area contributed by atoms with Crippen LogP contribution >= 0.6 is 11.6 Å². The average Bonchev–Trinajstić information content (AvgIpc) is 3.13. The second-order valence-corrected chi connectivity index (χ2v) is 8.32.